The lowest BCUT2D eigenvalue weighted by Gasteiger charge is -2.27. The summed E-state index contributed by atoms with van der Waals surface area (Å²) < 4.78 is 26.5. The lowest BCUT2D eigenvalue weighted by atomic mass is 9.95. The van der Waals surface area contributed by atoms with Crippen molar-refractivity contribution in [2.45, 2.75) is 24.3 Å². The van der Waals surface area contributed by atoms with Crippen LogP contribution in [0, 0.1) is 10.1 Å². The number of benzene rings is 2. The Morgan fingerprint density at radius 1 is 1.12 bits per heavy atom. The fourth-order valence-corrected chi connectivity index (χ4v) is 3.47. The Morgan fingerprint density at radius 3 is 2.27 bits per heavy atom. The zero-order chi connectivity index (χ0) is 19.5. The summed E-state index contributed by atoms with van der Waals surface area (Å²) in [7, 11) is -4.42. The fraction of sp³-hybridized carbons (Fsp3) is 0.188. The molecule has 0 aliphatic carbocycles. The van der Waals surface area contributed by atoms with E-state index in [1.807, 2.05) is 0 Å². The van der Waals surface area contributed by atoms with Gasteiger partial charge in [-0.3, -0.25) is 10.1 Å². The van der Waals surface area contributed by atoms with Crippen molar-refractivity contribution in [2.75, 3.05) is 0 Å². The van der Waals surface area contributed by atoms with Gasteiger partial charge >= 0.3 is 6.03 Å². The van der Waals surface area contributed by atoms with E-state index in [1.54, 1.807) is 42.8 Å². The summed E-state index contributed by atoms with van der Waals surface area (Å²) in [6.07, 6.45) is 0. The van der Waals surface area contributed by atoms with Crippen LogP contribution < -0.4 is 10.0 Å². The summed E-state index contributed by atoms with van der Waals surface area (Å²) in [6, 6.07) is 10.4. The highest BCUT2D eigenvalue weighted by atomic mass is 35.5. The first-order valence-corrected chi connectivity index (χ1v) is 9.23. The molecular weight excluding hydrogens is 382 g/mol. The second kappa shape index (κ2) is 7.30. The molecule has 2 N–H and O–H groups in total. The van der Waals surface area contributed by atoms with Crippen LogP contribution in [0.4, 0.5) is 10.5 Å². The monoisotopic (exact) mass is 397 g/mol. The van der Waals surface area contributed by atoms with Crippen molar-refractivity contribution in [3.05, 3.63) is 69.2 Å². The van der Waals surface area contributed by atoms with Crippen LogP contribution >= 0.6 is 11.6 Å². The van der Waals surface area contributed by atoms with Gasteiger partial charge in [0.25, 0.3) is 15.7 Å². The van der Waals surface area contributed by atoms with E-state index in [9.17, 15) is 23.3 Å². The summed E-state index contributed by atoms with van der Waals surface area (Å²) in [5, 5.41) is 14.0. The van der Waals surface area contributed by atoms with Gasteiger partial charge in [-0.2, -0.15) is 0 Å². The molecule has 0 spiro atoms. The SMILES string of the molecule is CC(C)(NC(=O)NS(=O)(=O)c1ccccc1[N+](=O)[O-])c1ccc(Cl)cc1. The number of nitrogens with one attached hydrogen (secondary N) is 2. The summed E-state index contributed by atoms with van der Waals surface area (Å²) in [4.78, 5) is 21.7. The number of nitro benzene ring substituents is 1. The number of para-hydroxylation sites is 1. The number of hydrogen-bond acceptors (Lipinski definition) is 5. The van der Waals surface area contributed by atoms with Gasteiger partial charge in [-0.1, -0.05) is 35.9 Å². The number of rotatable bonds is 5. The first-order valence-electron chi connectivity index (χ1n) is 7.37. The molecule has 0 aliphatic rings. The van der Waals surface area contributed by atoms with E-state index >= 15 is 0 Å². The molecule has 0 radical (unpaired) electrons. The van der Waals surface area contributed by atoms with E-state index in [-0.39, 0.29) is 0 Å². The van der Waals surface area contributed by atoms with E-state index in [1.165, 1.54) is 12.1 Å². The van der Waals surface area contributed by atoms with Gasteiger partial charge in [0.05, 0.1) is 10.5 Å². The molecular formula is C16H16ClN3O5S. The second-order valence-electron chi connectivity index (χ2n) is 5.92. The Labute approximate surface area is 155 Å². The molecule has 0 bridgehead atoms. The van der Waals surface area contributed by atoms with Gasteiger partial charge in [-0.05, 0) is 37.6 Å². The van der Waals surface area contributed by atoms with Crippen LogP contribution in [-0.4, -0.2) is 19.4 Å². The van der Waals surface area contributed by atoms with Gasteiger partial charge in [0.15, 0.2) is 4.90 Å². The number of hydrogen-bond donors (Lipinski definition) is 2. The van der Waals surface area contributed by atoms with E-state index in [0.29, 0.717) is 10.6 Å². The Bertz CT molecular complexity index is 943. The number of carbonyl (C=O) groups excluding carboxylic acids is 1. The van der Waals surface area contributed by atoms with Crippen LogP contribution in [0.3, 0.4) is 0 Å². The van der Waals surface area contributed by atoms with Crippen LogP contribution in [0.25, 0.3) is 0 Å². The molecule has 0 atom stereocenters. The number of carbonyl (C=O) groups is 1. The average molecular weight is 398 g/mol. The van der Waals surface area contributed by atoms with Crippen LogP contribution in [0.15, 0.2) is 53.4 Å². The van der Waals surface area contributed by atoms with Crippen molar-refractivity contribution >= 4 is 33.3 Å². The van der Waals surface area contributed by atoms with Gasteiger partial charge < -0.3 is 5.32 Å². The maximum Gasteiger partial charge on any atom is 0.329 e. The van der Waals surface area contributed by atoms with Crippen molar-refractivity contribution in [2.24, 2.45) is 0 Å². The maximum absolute atomic E-state index is 12.3. The second-order valence-corrected chi connectivity index (χ2v) is 8.00. The highest BCUT2D eigenvalue weighted by Gasteiger charge is 2.29. The van der Waals surface area contributed by atoms with E-state index in [4.69, 9.17) is 11.6 Å². The maximum atomic E-state index is 12.3. The Morgan fingerprint density at radius 2 is 1.69 bits per heavy atom. The van der Waals surface area contributed by atoms with Crippen LogP contribution in [0.1, 0.15) is 19.4 Å². The third-order valence-corrected chi connectivity index (χ3v) is 5.20. The first-order chi connectivity index (χ1) is 12.0. The molecule has 10 heteroatoms. The molecule has 2 aromatic rings. The number of urea groups is 1. The molecule has 0 unspecified atom stereocenters. The van der Waals surface area contributed by atoms with Crippen LogP contribution in [0.2, 0.25) is 5.02 Å². The third-order valence-electron chi connectivity index (χ3n) is 3.57. The molecule has 0 heterocycles. The lowest BCUT2D eigenvalue weighted by molar-refractivity contribution is -0.387. The molecule has 8 nitrogen and oxygen atoms in total. The van der Waals surface area contributed by atoms with Crippen molar-refractivity contribution in [3.63, 3.8) is 0 Å². The van der Waals surface area contributed by atoms with Gasteiger partial charge in [0.2, 0.25) is 0 Å². The third kappa shape index (κ3) is 4.50. The van der Waals surface area contributed by atoms with E-state index < -0.39 is 37.1 Å². The standard InChI is InChI=1S/C16H16ClN3O5S/c1-16(2,11-7-9-12(17)10-8-11)18-15(21)19-26(24,25)14-6-4-3-5-13(14)20(22)23/h3-10H,1-2H3,(H2,18,19,21). The summed E-state index contributed by atoms with van der Waals surface area (Å²) >= 11 is 5.83. The highest BCUT2D eigenvalue weighted by molar-refractivity contribution is 7.90. The Balaban J connectivity index is 2.21. The number of nitro groups is 1. The zero-order valence-electron chi connectivity index (χ0n) is 13.9. The predicted molar refractivity (Wildman–Crippen MR) is 96.4 cm³/mol. The van der Waals surface area contributed by atoms with Crippen molar-refractivity contribution in [1.29, 1.82) is 0 Å². The minimum atomic E-state index is -4.42. The molecule has 26 heavy (non-hydrogen) atoms. The molecule has 138 valence electrons. The Kier molecular flexibility index (Phi) is 5.53. The lowest BCUT2D eigenvalue weighted by Crippen LogP contribution is -2.48. The normalized spacial score (nSPS) is 11.7. The van der Waals surface area contributed by atoms with Gasteiger partial charge in [0, 0.05) is 11.1 Å². The minimum Gasteiger partial charge on any atom is -0.328 e. The van der Waals surface area contributed by atoms with Gasteiger partial charge in [-0.15, -0.1) is 0 Å². The molecule has 0 saturated heterocycles. The highest BCUT2D eigenvalue weighted by Crippen LogP contribution is 2.24. The number of amides is 2. The smallest absolute Gasteiger partial charge is 0.328 e. The topological polar surface area (TPSA) is 118 Å². The molecule has 0 aliphatic heterocycles. The van der Waals surface area contributed by atoms with Gasteiger partial charge in [-0.25, -0.2) is 17.9 Å². The van der Waals surface area contributed by atoms with Crippen LogP contribution in [0.5, 0.6) is 0 Å². The first kappa shape index (κ1) is 19.7. The van der Waals surface area contributed by atoms with E-state index in [0.717, 1.165) is 12.1 Å². The van der Waals surface area contributed by atoms with E-state index in [2.05, 4.69) is 5.32 Å². The molecule has 0 fully saturated rings. The van der Waals surface area contributed by atoms with Crippen molar-refractivity contribution in [3.8, 4) is 0 Å². The predicted octanol–water partition coefficient (Wildman–Crippen LogP) is 3.17. The van der Waals surface area contributed by atoms with Crippen molar-refractivity contribution < 1.29 is 18.1 Å². The molecule has 2 aromatic carbocycles. The molecule has 0 saturated carbocycles. The number of halogens is 1. The minimum absolute atomic E-state index is 0.521. The van der Waals surface area contributed by atoms with Gasteiger partial charge in [0.1, 0.15) is 0 Å². The average Bonchev–Trinajstić information content (AvgIpc) is 2.54. The molecule has 0 aromatic heterocycles. The quantitative estimate of drug-likeness (QED) is 0.593. The van der Waals surface area contributed by atoms with Crippen molar-refractivity contribution in [1.82, 2.24) is 10.0 Å². The fourth-order valence-electron chi connectivity index (χ4n) is 2.26. The van der Waals surface area contributed by atoms with Crippen LogP contribution in [-0.2, 0) is 15.6 Å². The largest absolute Gasteiger partial charge is 0.329 e. The number of sulfonamides is 1. The Hall–Kier alpha value is -2.65. The summed E-state index contributed by atoms with van der Waals surface area (Å²) in [5.41, 5.74) is -0.836. The number of nitrogens with zero attached hydrogens (tertiary/aromatic N) is 1. The summed E-state index contributed by atoms with van der Waals surface area (Å²) in [6.45, 7) is 3.35. The molecule has 2 rings (SSSR count). The molecule has 2 amide bonds. The zero-order valence-corrected chi connectivity index (χ0v) is 15.5. The summed E-state index contributed by atoms with van der Waals surface area (Å²) in [5.74, 6) is 0.